The van der Waals surface area contributed by atoms with Crippen LogP contribution in [0.3, 0.4) is 0 Å². The Morgan fingerprint density at radius 3 is 1.84 bits per heavy atom. The van der Waals surface area contributed by atoms with Crippen LogP contribution in [0.25, 0.3) is 17.1 Å². The predicted octanol–water partition coefficient (Wildman–Crippen LogP) is 7.69. The molecular weight excluding hydrogens is 552 g/mol. The van der Waals surface area contributed by atoms with Gasteiger partial charge >= 0.3 is 0 Å². The van der Waals surface area contributed by atoms with Crippen LogP contribution in [0.2, 0.25) is 0 Å². The minimum Gasteiger partial charge on any atom is -0.492 e. The van der Waals surface area contributed by atoms with Crippen molar-refractivity contribution >= 4 is 28.9 Å². The summed E-state index contributed by atoms with van der Waals surface area (Å²) in [4.78, 5) is 50.5. The van der Waals surface area contributed by atoms with Gasteiger partial charge < -0.3 is 9.15 Å². The Hall–Kier alpha value is -4.06. The molecule has 0 unspecified atom stereocenters. The van der Waals surface area contributed by atoms with Crippen LogP contribution in [-0.2, 0) is 33.2 Å². The molecule has 5 aliphatic rings. The molecule has 0 amide bonds. The van der Waals surface area contributed by atoms with E-state index in [0.29, 0.717) is 40.4 Å². The molecule has 6 heteroatoms. The third-order valence-corrected chi connectivity index (χ3v) is 10.6. The molecule has 1 aromatic heterocycles. The first-order chi connectivity index (χ1) is 20.8. The highest BCUT2D eigenvalue weighted by Gasteiger charge is 2.43. The summed E-state index contributed by atoms with van der Waals surface area (Å²) in [5, 5.41) is 0. The van der Waals surface area contributed by atoms with E-state index in [4.69, 9.17) is 9.15 Å². The highest BCUT2D eigenvalue weighted by molar-refractivity contribution is 6.53. The minimum absolute atomic E-state index is 0.00655. The van der Waals surface area contributed by atoms with Crippen molar-refractivity contribution in [2.24, 2.45) is 5.92 Å². The monoisotopic (exact) mass is 590 g/mol. The molecule has 1 aliphatic heterocycles. The van der Waals surface area contributed by atoms with E-state index in [-0.39, 0.29) is 34.1 Å². The summed E-state index contributed by atoms with van der Waals surface area (Å²) >= 11 is 0. The van der Waals surface area contributed by atoms with Crippen molar-refractivity contribution in [2.75, 3.05) is 6.61 Å². The Labute approximate surface area is 257 Å². The van der Waals surface area contributed by atoms with Crippen LogP contribution in [0, 0.1) is 12.8 Å². The molecule has 0 N–H and O–H groups in total. The molecule has 3 aromatic rings. The summed E-state index contributed by atoms with van der Waals surface area (Å²) in [5.74, 6) is -0.273. The second-order valence-electron chi connectivity index (χ2n) is 14.4. The first-order valence-corrected chi connectivity index (χ1v) is 15.8. The molecule has 44 heavy (non-hydrogen) atoms. The number of benzene rings is 2. The summed E-state index contributed by atoms with van der Waals surface area (Å²) in [6.07, 6.45) is 7.61. The van der Waals surface area contributed by atoms with E-state index in [9.17, 15) is 19.2 Å². The van der Waals surface area contributed by atoms with Crippen LogP contribution in [0.15, 0.2) is 40.5 Å². The standard InChI is InChI=1S/C19H20O3.C19H18O3/c2*1-10-9-22-18-12-6-7-13-11(5-4-8-19(13,2)3)15(12)17(21)16(20)14(10)18/h6-7,10H,4-5,8-9H2,1-3H3;6-7,9H,4-5,8H2,1-3H3/t10-;/m0./s1. The van der Waals surface area contributed by atoms with Gasteiger partial charge in [-0.1, -0.05) is 58.9 Å². The number of carbonyl (C=O) groups is 4. The van der Waals surface area contributed by atoms with Gasteiger partial charge in [-0.3, -0.25) is 19.2 Å². The Morgan fingerprint density at radius 1 is 0.705 bits per heavy atom. The van der Waals surface area contributed by atoms with E-state index in [1.165, 1.54) is 11.1 Å². The number of carbonyl (C=O) groups excluding carboxylic acids is 4. The van der Waals surface area contributed by atoms with Crippen molar-refractivity contribution in [1.29, 1.82) is 0 Å². The number of furan rings is 1. The molecular formula is C38H38O6. The molecule has 0 fully saturated rings. The topological polar surface area (TPSA) is 90.7 Å². The minimum atomic E-state index is -0.425. The average Bonchev–Trinajstić information content (AvgIpc) is 3.56. The third kappa shape index (κ3) is 3.99. The summed E-state index contributed by atoms with van der Waals surface area (Å²) in [7, 11) is 0. The number of fused-ring (bicyclic) bond motifs is 9. The maximum atomic E-state index is 12.7. The number of ether oxygens (including phenoxy) is 1. The molecule has 4 aliphatic carbocycles. The molecule has 1 atom stereocenters. The molecule has 0 spiro atoms. The molecule has 0 saturated carbocycles. The number of rotatable bonds is 0. The van der Waals surface area contributed by atoms with Gasteiger partial charge in [0.25, 0.3) is 0 Å². The van der Waals surface area contributed by atoms with Gasteiger partial charge in [0.15, 0.2) is 0 Å². The van der Waals surface area contributed by atoms with E-state index in [2.05, 4.69) is 39.8 Å². The Morgan fingerprint density at radius 2 is 1.23 bits per heavy atom. The van der Waals surface area contributed by atoms with Crippen molar-refractivity contribution in [1.82, 2.24) is 0 Å². The lowest BCUT2D eigenvalue weighted by atomic mass is 9.69. The Kier molecular flexibility index (Phi) is 6.34. The maximum absolute atomic E-state index is 12.7. The highest BCUT2D eigenvalue weighted by Crippen LogP contribution is 2.46. The number of Topliss-reactive ketones (excluding diaryl/α,β-unsaturated/α-hetero) is 4. The smallest absolute Gasteiger partial charge is 0.237 e. The summed E-state index contributed by atoms with van der Waals surface area (Å²) < 4.78 is 11.4. The van der Waals surface area contributed by atoms with Crippen LogP contribution in [0.4, 0.5) is 0 Å². The molecule has 0 bridgehead atoms. The van der Waals surface area contributed by atoms with E-state index in [0.717, 1.165) is 66.3 Å². The van der Waals surface area contributed by atoms with Gasteiger partial charge in [-0.25, -0.2) is 0 Å². The molecule has 8 rings (SSSR count). The van der Waals surface area contributed by atoms with Gasteiger partial charge in [-0.05, 0) is 84.1 Å². The van der Waals surface area contributed by atoms with Gasteiger partial charge in [0.05, 0.1) is 24.0 Å². The van der Waals surface area contributed by atoms with Gasteiger partial charge in [0.2, 0.25) is 23.1 Å². The number of hydrogen-bond donors (Lipinski definition) is 0. The zero-order chi connectivity index (χ0) is 31.3. The highest BCUT2D eigenvalue weighted by atomic mass is 16.5. The van der Waals surface area contributed by atoms with Crippen molar-refractivity contribution in [2.45, 2.75) is 90.9 Å². The van der Waals surface area contributed by atoms with Gasteiger partial charge in [0, 0.05) is 28.2 Å². The quantitative estimate of drug-likeness (QED) is 0.249. The maximum Gasteiger partial charge on any atom is 0.237 e. The van der Waals surface area contributed by atoms with Crippen molar-refractivity contribution in [3.8, 4) is 11.3 Å². The second kappa shape index (κ2) is 9.72. The summed E-state index contributed by atoms with van der Waals surface area (Å²) in [6, 6.07) is 8.18. The van der Waals surface area contributed by atoms with Crippen LogP contribution in [0.1, 0.15) is 125 Å². The summed E-state index contributed by atoms with van der Waals surface area (Å²) in [6.45, 7) is 13.1. The van der Waals surface area contributed by atoms with Crippen LogP contribution in [-0.4, -0.2) is 29.7 Å². The predicted molar refractivity (Wildman–Crippen MR) is 167 cm³/mol. The Balaban J connectivity index is 0.000000142. The first kappa shape index (κ1) is 28.7. The van der Waals surface area contributed by atoms with Gasteiger partial charge in [-0.2, -0.15) is 0 Å². The van der Waals surface area contributed by atoms with Gasteiger partial charge in [0.1, 0.15) is 11.5 Å². The zero-order valence-electron chi connectivity index (χ0n) is 26.4. The van der Waals surface area contributed by atoms with Gasteiger partial charge in [-0.15, -0.1) is 0 Å². The number of ketones is 4. The molecule has 2 heterocycles. The second-order valence-corrected chi connectivity index (χ2v) is 14.4. The number of hydrogen-bond acceptors (Lipinski definition) is 6. The van der Waals surface area contributed by atoms with Crippen molar-refractivity contribution < 1.29 is 28.3 Å². The largest absolute Gasteiger partial charge is 0.492 e. The first-order valence-electron chi connectivity index (χ1n) is 15.8. The molecule has 2 aromatic carbocycles. The number of aryl methyl sites for hydroxylation is 1. The fourth-order valence-corrected chi connectivity index (χ4v) is 8.19. The SMILES string of the molecule is C[C@H]1COC2=C1C(=O)C(=O)c1c2ccc2c1CCCC2(C)C.Cc1coc2c1C(=O)C(=O)c1c-2ccc2c1CCCC2(C)C. The summed E-state index contributed by atoms with van der Waals surface area (Å²) in [5.41, 5.74) is 9.20. The Bertz CT molecular complexity index is 1860. The van der Waals surface area contributed by atoms with E-state index in [1.807, 2.05) is 19.1 Å². The molecule has 0 saturated heterocycles. The lowest BCUT2D eigenvalue weighted by Crippen LogP contribution is -2.31. The van der Waals surface area contributed by atoms with Crippen LogP contribution in [0.5, 0.6) is 0 Å². The average molecular weight is 591 g/mol. The van der Waals surface area contributed by atoms with Crippen LogP contribution < -0.4 is 0 Å². The molecule has 226 valence electrons. The van der Waals surface area contributed by atoms with Crippen LogP contribution >= 0.6 is 0 Å². The zero-order valence-corrected chi connectivity index (χ0v) is 26.4. The lowest BCUT2D eigenvalue weighted by molar-refractivity contribution is -0.112. The third-order valence-electron chi connectivity index (χ3n) is 10.6. The van der Waals surface area contributed by atoms with E-state index >= 15 is 0 Å². The fraction of sp³-hybridized carbons (Fsp3) is 0.421. The van der Waals surface area contributed by atoms with Crippen molar-refractivity contribution in [3.05, 3.63) is 86.2 Å². The lowest BCUT2D eigenvalue weighted by Gasteiger charge is -2.35. The van der Waals surface area contributed by atoms with E-state index < -0.39 is 5.78 Å². The normalized spacial score (nSPS) is 22.1. The van der Waals surface area contributed by atoms with E-state index in [1.54, 1.807) is 13.2 Å². The molecule has 6 nitrogen and oxygen atoms in total. The van der Waals surface area contributed by atoms with Crippen molar-refractivity contribution in [3.63, 3.8) is 0 Å². The fourth-order valence-electron chi connectivity index (χ4n) is 8.19. The molecule has 0 radical (unpaired) electrons.